The molecule has 0 saturated heterocycles. The molecule has 0 aliphatic rings. The summed E-state index contributed by atoms with van der Waals surface area (Å²) in [7, 11) is 0. The molecular weight excluding hydrogens is 260 g/mol. The second-order valence-electron chi connectivity index (χ2n) is 5.29. The van der Waals surface area contributed by atoms with Gasteiger partial charge in [-0.25, -0.2) is 0 Å². The molecule has 1 unspecified atom stereocenters. The Hall–Kier alpha value is -1.50. The first-order valence-corrected chi connectivity index (χ1v) is 7.83. The van der Waals surface area contributed by atoms with Crippen molar-refractivity contribution in [2.45, 2.75) is 27.2 Å². The number of rotatable bonds is 8. The number of benzene rings is 1. The summed E-state index contributed by atoms with van der Waals surface area (Å²) in [6.45, 7) is 11.0. The van der Waals surface area contributed by atoms with Crippen LogP contribution in [0.4, 0.5) is 0 Å². The van der Waals surface area contributed by atoms with Gasteiger partial charge in [0.15, 0.2) is 0 Å². The lowest BCUT2D eigenvalue weighted by Crippen LogP contribution is -2.32. The van der Waals surface area contributed by atoms with Gasteiger partial charge in [0.05, 0.1) is 6.54 Å². The minimum Gasteiger partial charge on any atom is -0.492 e. The molecule has 0 fully saturated rings. The number of hydrogen-bond acceptors (Lipinski definition) is 3. The molecule has 0 bridgehead atoms. The van der Waals surface area contributed by atoms with Crippen LogP contribution in [0.5, 0.6) is 5.75 Å². The maximum atomic E-state index is 5.83. The van der Waals surface area contributed by atoms with Crippen molar-refractivity contribution in [1.29, 1.82) is 0 Å². The number of nitrogens with zero attached hydrogens (tertiary/aromatic N) is 1. The molecule has 21 heavy (non-hydrogen) atoms. The summed E-state index contributed by atoms with van der Waals surface area (Å²) in [5.41, 5.74) is 6.33. The summed E-state index contributed by atoms with van der Waals surface area (Å²) in [4.78, 5) is 2.44. The SMILES string of the molecule is CCC(C)CN(CC)CCOc1cccc(C#CCN)c1. The first-order valence-electron chi connectivity index (χ1n) is 7.83. The maximum absolute atomic E-state index is 5.83. The van der Waals surface area contributed by atoms with E-state index in [0.717, 1.165) is 36.9 Å². The molecule has 0 radical (unpaired) electrons. The van der Waals surface area contributed by atoms with Crippen molar-refractivity contribution >= 4 is 0 Å². The van der Waals surface area contributed by atoms with Gasteiger partial charge in [-0.3, -0.25) is 4.90 Å². The highest BCUT2D eigenvalue weighted by Crippen LogP contribution is 2.12. The van der Waals surface area contributed by atoms with Crippen LogP contribution in [0.1, 0.15) is 32.8 Å². The lowest BCUT2D eigenvalue weighted by Gasteiger charge is -2.23. The van der Waals surface area contributed by atoms with Crippen molar-refractivity contribution in [3.05, 3.63) is 29.8 Å². The van der Waals surface area contributed by atoms with Gasteiger partial charge in [-0.1, -0.05) is 45.1 Å². The van der Waals surface area contributed by atoms with Gasteiger partial charge in [-0.15, -0.1) is 0 Å². The maximum Gasteiger partial charge on any atom is 0.120 e. The summed E-state index contributed by atoms with van der Waals surface area (Å²) in [6.07, 6.45) is 1.22. The zero-order valence-corrected chi connectivity index (χ0v) is 13.6. The predicted molar refractivity (Wildman–Crippen MR) is 89.4 cm³/mol. The Kier molecular flexibility index (Phi) is 8.57. The van der Waals surface area contributed by atoms with E-state index in [2.05, 4.69) is 37.5 Å². The van der Waals surface area contributed by atoms with E-state index in [4.69, 9.17) is 10.5 Å². The summed E-state index contributed by atoms with van der Waals surface area (Å²) < 4.78 is 5.83. The molecule has 0 heterocycles. The highest BCUT2D eigenvalue weighted by atomic mass is 16.5. The number of hydrogen-bond donors (Lipinski definition) is 1. The van der Waals surface area contributed by atoms with Gasteiger partial charge in [-0.2, -0.15) is 0 Å². The van der Waals surface area contributed by atoms with Crippen LogP contribution >= 0.6 is 0 Å². The van der Waals surface area contributed by atoms with Crippen LogP contribution < -0.4 is 10.5 Å². The van der Waals surface area contributed by atoms with Gasteiger partial charge in [0.25, 0.3) is 0 Å². The number of nitrogens with two attached hydrogens (primary N) is 1. The quantitative estimate of drug-likeness (QED) is 0.748. The summed E-state index contributed by atoms with van der Waals surface area (Å²) in [6, 6.07) is 7.87. The van der Waals surface area contributed by atoms with Gasteiger partial charge in [0, 0.05) is 18.7 Å². The van der Waals surface area contributed by atoms with Crippen molar-refractivity contribution < 1.29 is 4.74 Å². The fourth-order valence-electron chi connectivity index (χ4n) is 2.06. The Morgan fingerprint density at radius 3 is 2.81 bits per heavy atom. The van der Waals surface area contributed by atoms with Gasteiger partial charge >= 0.3 is 0 Å². The summed E-state index contributed by atoms with van der Waals surface area (Å²) in [5, 5.41) is 0. The fourth-order valence-corrected chi connectivity index (χ4v) is 2.06. The molecule has 1 atom stereocenters. The van der Waals surface area contributed by atoms with Crippen molar-refractivity contribution in [1.82, 2.24) is 4.90 Å². The molecule has 0 spiro atoms. The Morgan fingerprint density at radius 2 is 2.14 bits per heavy atom. The largest absolute Gasteiger partial charge is 0.492 e. The standard InChI is InChI=1S/C18H28N2O/c1-4-16(3)15-20(5-2)12-13-21-18-10-6-8-17(14-18)9-7-11-19/h6,8,10,14,16H,4-5,11-13,15,19H2,1-3H3. The second kappa shape index (κ2) is 10.3. The predicted octanol–water partition coefficient (Wildman–Crippen LogP) is 2.74. The molecule has 2 N–H and O–H groups in total. The lowest BCUT2D eigenvalue weighted by atomic mass is 10.1. The topological polar surface area (TPSA) is 38.5 Å². The molecule has 0 aliphatic carbocycles. The second-order valence-corrected chi connectivity index (χ2v) is 5.29. The number of likely N-dealkylation sites (N-methyl/N-ethyl adjacent to an activating group) is 1. The first-order chi connectivity index (χ1) is 10.2. The minimum atomic E-state index is 0.381. The van der Waals surface area contributed by atoms with E-state index in [9.17, 15) is 0 Å². The molecule has 1 aromatic carbocycles. The molecular formula is C18H28N2O. The summed E-state index contributed by atoms with van der Waals surface area (Å²) >= 11 is 0. The van der Waals surface area contributed by atoms with Crippen molar-refractivity contribution in [2.75, 3.05) is 32.8 Å². The lowest BCUT2D eigenvalue weighted by molar-refractivity contribution is 0.194. The van der Waals surface area contributed by atoms with Crippen LogP contribution in [0, 0.1) is 17.8 Å². The normalized spacial score (nSPS) is 11.9. The molecule has 3 heteroatoms. The molecule has 1 aromatic rings. The van der Waals surface area contributed by atoms with Gasteiger partial charge in [0.2, 0.25) is 0 Å². The van der Waals surface area contributed by atoms with Crippen molar-refractivity contribution in [3.63, 3.8) is 0 Å². The smallest absolute Gasteiger partial charge is 0.120 e. The fraction of sp³-hybridized carbons (Fsp3) is 0.556. The third-order valence-electron chi connectivity index (χ3n) is 3.56. The van der Waals surface area contributed by atoms with E-state index in [1.165, 1.54) is 6.42 Å². The molecule has 0 aromatic heterocycles. The third kappa shape index (κ3) is 7.17. The van der Waals surface area contributed by atoms with Crippen LogP contribution in [-0.4, -0.2) is 37.7 Å². The average molecular weight is 288 g/mol. The van der Waals surface area contributed by atoms with E-state index in [-0.39, 0.29) is 0 Å². The highest BCUT2D eigenvalue weighted by Gasteiger charge is 2.07. The van der Waals surface area contributed by atoms with Crippen LogP contribution in [0.2, 0.25) is 0 Å². The van der Waals surface area contributed by atoms with E-state index in [0.29, 0.717) is 13.2 Å². The van der Waals surface area contributed by atoms with Gasteiger partial charge < -0.3 is 10.5 Å². The van der Waals surface area contributed by atoms with E-state index < -0.39 is 0 Å². The van der Waals surface area contributed by atoms with E-state index in [1.807, 2.05) is 24.3 Å². The first kappa shape index (κ1) is 17.6. The monoisotopic (exact) mass is 288 g/mol. The van der Waals surface area contributed by atoms with Crippen molar-refractivity contribution in [3.8, 4) is 17.6 Å². The number of ether oxygens (including phenoxy) is 1. The van der Waals surface area contributed by atoms with E-state index >= 15 is 0 Å². The summed E-state index contributed by atoms with van der Waals surface area (Å²) in [5.74, 6) is 7.49. The molecule has 116 valence electrons. The molecule has 0 amide bonds. The van der Waals surface area contributed by atoms with Crippen LogP contribution in [0.25, 0.3) is 0 Å². The minimum absolute atomic E-state index is 0.381. The molecule has 0 saturated carbocycles. The molecule has 1 rings (SSSR count). The van der Waals surface area contributed by atoms with Gasteiger partial charge in [0.1, 0.15) is 12.4 Å². The molecule has 0 aliphatic heterocycles. The van der Waals surface area contributed by atoms with Crippen LogP contribution in [0.3, 0.4) is 0 Å². The third-order valence-corrected chi connectivity index (χ3v) is 3.56. The Bertz CT molecular complexity index is 462. The molecule has 3 nitrogen and oxygen atoms in total. The van der Waals surface area contributed by atoms with Crippen molar-refractivity contribution in [2.24, 2.45) is 11.7 Å². The Balaban J connectivity index is 2.44. The zero-order valence-electron chi connectivity index (χ0n) is 13.6. The Labute approximate surface area is 129 Å². The van der Waals surface area contributed by atoms with Gasteiger partial charge in [-0.05, 0) is 30.7 Å². The highest BCUT2D eigenvalue weighted by molar-refractivity contribution is 5.39. The average Bonchev–Trinajstić information content (AvgIpc) is 2.52. The Morgan fingerprint density at radius 1 is 1.33 bits per heavy atom. The van der Waals surface area contributed by atoms with Crippen LogP contribution in [0.15, 0.2) is 24.3 Å². The zero-order chi connectivity index (χ0) is 15.5. The van der Waals surface area contributed by atoms with E-state index in [1.54, 1.807) is 0 Å². The van der Waals surface area contributed by atoms with Crippen LogP contribution in [-0.2, 0) is 0 Å².